The highest BCUT2D eigenvalue weighted by molar-refractivity contribution is 5.78. The molecule has 19 heavy (non-hydrogen) atoms. The van der Waals surface area contributed by atoms with Gasteiger partial charge in [-0.05, 0) is 43.5 Å². The van der Waals surface area contributed by atoms with Gasteiger partial charge in [0, 0.05) is 13.1 Å². The van der Waals surface area contributed by atoms with Gasteiger partial charge in [0.25, 0.3) is 0 Å². The number of piperidine rings is 1. The summed E-state index contributed by atoms with van der Waals surface area (Å²) in [6, 6.07) is 8.80. The van der Waals surface area contributed by atoms with Crippen LogP contribution in [0.3, 0.4) is 0 Å². The summed E-state index contributed by atoms with van der Waals surface area (Å²) >= 11 is 0. The molecule has 1 N–H and O–H groups in total. The Morgan fingerprint density at radius 2 is 1.79 bits per heavy atom. The first kappa shape index (κ1) is 14.1. The highest BCUT2D eigenvalue weighted by atomic mass is 16.2. The van der Waals surface area contributed by atoms with Gasteiger partial charge in [-0.15, -0.1) is 0 Å². The second kappa shape index (κ2) is 6.71. The number of benzene rings is 1. The zero-order chi connectivity index (χ0) is 13.7. The number of aryl methyl sites for hydroxylation is 1. The molecule has 0 aromatic heterocycles. The molecule has 1 heterocycles. The molecule has 0 radical (unpaired) electrons. The number of amides is 1. The Hall–Kier alpha value is -1.35. The topological polar surface area (TPSA) is 32.3 Å². The standard InChI is InChI=1S/C16H24N2O/c1-3-13-4-6-14(7-5-13)12-16(19)18(2)15-8-10-17-11-9-15/h4-7,15,17H,3,8-12H2,1-2H3. The summed E-state index contributed by atoms with van der Waals surface area (Å²) < 4.78 is 0. The van der Waals surface area contributed by atoms with Crippen LogP contribution in [-0.4, -0.2) is 37.0 Å². The molecule has 1 aromatic rings. The fourth-order valence-corrected chi connectivity index (χ4v) is 2.59. The molecule has 1 amide bonds. The molecule has 0 unspecified atom stereocenters. The van der Waals surface area contributed by atoms with Crippen molar-refractivity contribution in [1.29, 1.82) is 0 Å². The number of nitrogens with one attached hydrogen (secondary N) is 1. The Kier molecular flexibility index (Phi) is 4.97. The van der Waals surface area contributed by atoms with Crippen LogP contribution in [0.2, 0.25) is 0 Å². The van der Waals surface area contributed by atoms with Crippen LogP contribution in [-0.2, 0) is 17.6 Å². The van der Waals surface area contributed by atoms with Crippen LogP contribution in [0.25, 0.3) is 0 Å². The molecule has 1 fully saturated rings. The van der Waals surface area contributed by atoms with Crippen molar-refractivity contribution in [1.82, 2.24) is 10.2 Å². The number of hydrogen-bond donors (Lipinski definition) is 1. The minimum absolute atomic E-state index is 0.233. The lowest BCUT2D eigenvalue weighted by Crippen LogP contribution is -2.44. The van der Waals surface area contributed by atoms with Crippen molar-refractivity contribution in [3.63, 3.8) is 0 Å². The highest BCUT2D eigenvalue weighted by Gasteiger charge is 2.21. The average molecular weight is 260 g/mol. The normalized spacial score (nSPS) is 16.3. The fourth-order valence-electron chi connectivity index (χ4n) is 2.59. The quantitative estimate of drug-likeness (QED) is 0.898. The summed E-state index contributed by atoms with van der Waals surface area (Å²) in [4.78, 5) is 14.2. The minimum Gasteiger partial charge on any atom is -0.342 e. The first-order valence-corrected chi connectivity index (χ1v) is 7.25. The van der Waals surface area contributed by atoms with Crippen molar-refractivity contribution in [2.45, 2.75) is 38.6 Å². The second-order valence-corrected chi connectivity index (χ2v) is 5.33. The van der Waals surface area contributed by atoms with E-state index in [1.165, 1.54) is 5.56 Å². The van der Waals surface area contributed by atoms with Crippen molar-refractivity contribution in [2.24, 2.45) is 0 Å². The number of carbonyl (C=O) groups excluding carboxylic acids is 1. The lowest BCUT2D eigenvalue weighted by Gasteiger charge is -2.31. The Bertz CT molecular complexity index is 407. The number of hydrogen-bond acceptors (Lipinski definition) is 2. The van der Waals surface area contributed by atoms with Crippen LogP contribution in [0.15, 0.2) is 24.3 Å². The molecular formula is C16H24N2O. The lowest BCUT2D eigenvalue weighted by molar-refractivity contribution is -0.131. The number of nitrogens with zero attached hydrogens (tertiary/aromatic N) is 1. The summed E-state index contributed by atoms with van der Waals surface area (Å²) in [6.07, 6.45) is 3.70. The minimum atomic E-state index is 0.233. The maximum absolute atomic E-state index is 12.3. The predicted molar refractivity (Wildman–Crippen MR) is 78.2 cm³/mol. The van der Waals surface area contributed by atoms with Gasteiger partial charge < -0.3 is 10.2 Å². The highest BCUT2D eigenvalue weighted by Crippen LogP contribution is 2.13. The molecule has 0 bridgehead atoms. The molecule has 1 aliphatic heterocycles. The molecule has 1 aromatic carbocycles. The smallest absolute Gasteiger partial charge is 0.226 e. The molecule has 0 aliphatic carbocycles. The molecule has 1 saturated heterocycles. The molecular weight excluding hydrogens is 236 g/mol. The van der Waals surface area contributed by atoms with Gasteiger partial charge in [0.05, 0.1) is 6.42 Å². The fraction of sp³-hybridized carbons (Fsp3) is 0.562. The van der Waals surface area contributed by atoms with E-state index in [-0.39, 0.29) is 5.91 Å². The first-order chi connectivity index (χ1) is 9.20. The van der Waals surface area contributed by atoms with Crippen LogP contribution in [0.4, 0.5) is 0 Å². The van der Waals surface area contributed by atoms with Crippen LogP contribution in [0, 0.1) is 0 Å². The van der Waals surface area contributed by atoms with E-state index in [9.17, 15) is 4.79 Å². The summed E-state index contributed by atoms with van der Waals surface area (Å²) in [6.45, 7) is 4.19. The summed E-state index contributed by atoms with van der Waals surface area (Å²) in [7, 11) is 1.94. The van der Waals surface area contributed by atoms with Crippen LogP contribution in [0.5, 0.6) is 0 Å². The summed E-state index contributed by atoms with van der Waals surface area (Å²) in [5.41, 5.74) is 2.44. The molecule has 0 saturated carbocycles. The molecule has 104 valence electrons. The molecule has 3 heteroatoms. The summed E-state index contributed by atoms with van der Waals surface area (Å²) in [5, 5.41) is 3.33. The van der Waals surface area contributed by atoms with Gasteiger partial charge in [-0.25, -0.2) is 0 Å². The first-order valence-electron chi connectivity index (χ1n) is 7.25. The van der Waals surface area contributed by atoms with E-state index >= 15 is 0 Å². The number of likely N-dealkylation sites (N-methyl/N-ethyl adjacent to an activating group) is 1. The zero-order valence-electron chi connectivity index (χ0n) is 12.0. The second-order valence-electron chi connectivity index (χ2n) is 5.33. The van der Waals surface area contributed by atoms with Gasteiger partial charge in [-0.2, -0.15) is 0 Å². The Morgan fingerprint density at radius 3 is 2.37 bits per heavy atom. The zero-order valence-corrected chi connectivity index (χ0v) is 12.0. The van der Waals surface area contributed by atoms with E-state index in [1.807, 2.05) is 11.9 Å². The van der Waals surface area contributed by atoms with Gasteiger partial charge in [0.2, 0.25) is 5.91 Å². The van der Waals surface area contributed by atoms with Crippen molar-refractivity contribution in [3.8, 4) is 0 Å². The predicted octanol–water partition coefficient (Wildman–Crippen LogP) is 2.00. The average Bonchev–Trinajstić information content (AvgIpc) is 2.48. The Morgan fingerprint density at radius 1 is 1.21 bits per heavy atom. The van der Waals surface area contributed by atoms with E-state index in [0.717, 1.165) is 37.9 Å². The SMILES string of the molecule is CCc1ccc(CC(=O)N(C)C2CCNCC2)cc1. The molecule has 0 spiro atoms. The monoisotopic (exact) mass is 260 g/mol. The van der Waals surface area contributed by atoms with E-state index in [2.05, 4.69) is 36.5 Å². The molecule has 3 nitrogen and oxygen atoms in total. The van der Waals surface area contributed by atoms with Gasteiger partial charge in [0.15, 0.2) is 0 Å². The van der Waals surface area contributed by atoms with Crippen LogP contribution < -0.4 is 5.32 Å². The van der Waals surface area contributed by atoms with Gasteiger partial charge in [-0.3, -0.25) is 4.79 Å². The van der Waals surface area contributed by atoms with Crippen LogP contribution in [0.1, 0.15) is 30.9 Å². The van der Waals surface area contributed by atoms with Gasteiger partial charge in [0.1, 0.15) is 0 Å². The van der Waals surface area contributed by atoms with Crippen LogP contribution >= 0.6 is 0 Å². The number of carbonyl (C=O) groups is 1. The van der Waals surface area contributed by atoms with Gasteiger partial charge in [-0.1, -0.05) is 31.2 Å². The molecule has 1 aliphatic rings. The third kappa shape index (κ3) is 3.80. The van der Waals surface area contributed by atoms with E-state index in [0.29, 0.717) is 12.5 Å². The Balaban J connectivity index is 1.91. The Labute approximate surface area is 116 Å². The maximum Gasteiger partial charge on any atom is 0.226 e. The molecule has 0 atom stereocenters. The lowest BCUT2D eigenvalue weighted by atomic mass is 10.0. The van der Waals surface area contributed by atoms with Crippen molar-refractivity contribution in [3.05, 3.63) is 35.4 Å². The van der Waals surface area contributed by atoms with E-state index in [4.69, 9.17) is 0 Å². The van der Waals surface area contributed by atoms with E-state index < -0.39 is 0 Å². The van der Waals surface area contributed by atoms with Gasteiger partial charge >= 0.3 is 0 Å². The largest absolute Gasteiger partial charge is 0.342 e. The summed E-state index contributed by atoms with van der Waals surface area (Å²) in [5.74, 6) is 0.233. The van der Waals surface area contributed by atoms with E-state index in [1.54, 1.807) is 0 Å². The molecule has 2 rings (SSSR count). The van der Waals surface area contributed by atoms with Crippen molar-refractivity contribution >= 4 is 5.91 Å². The maximum atomic E-state index is 12.3. The van der Waals surface area contributed by atoms with Crippen molar-refractivity contribution in [2.75, 3.05) is 20.1 Å². The number of rotatable bonds is 4. The van der Waals surface area contributed by atoms with Crippen molar-refractivity contribution < 1.29 is 4.79 Å². The third-order valence-corrected chi connectivity index (χ3v) is 4.04. The third-order valence-electron chi connectivity index (χ3n) is 4.04.